The third kappa shape index (κ3) is 3.63. The van der Waals surface area contributed by atoms with E-state index in [0.717, 1.165) is 35.3 Å². The minimum absolute atomic E-state index is 0.0646. The highest BCUT2D eigenvalue weighted by atomic mass is 16.5. The van der Waals surface area contributed by atoms with Crippen molar-refractivity contribution >= 4 is 11.6 Å². The van der Waals surface area contributed by atoms with Crippen LogP contribution in [0.2, 0.25) is 0 Å². The van der Waals surface area contributed by atoms with Gasteiger partial charge in [0, 0.05) is 30.4 Å². The molecule has 6 nitrogen and oxygen atoms in total. The number of anilines is 1. The van der Waals surface area contributed by atoms with E-state index in [2.05, 4.69) is 41.4 Å². The second-order valence-corrected chi connectivity index (χ2v) is 7.49. The van der Waals surface area contributed by atoms with Crippen molar-refractivity contribution in [2.75, 3.05) is 18.9 Å². The lowest BCUT2D eigenvalue weighted by Gasteiger charge is -2.25. The third-order valence-electron chi connectivity index (χ3n) is 5.15. The van der Waals surface area contributed by atoms with Gasteiger partial charge in [-0.15, -0.1) is 0 Å². The molecule has 0 unspecified atom stereocenters. The van der Waals surface area contributed by atoms with Gasteiger partial charge < -0.3 is 14.7 Å². The van der Waals surface area contributed by atoms with E-state index in [4.69, 9.17) is 4.52 Å². The van der Waals surface area contributed by atoms with Crippen molar-refractivity contribution in [3.05, 3.63) is 65.0 Å². The number of hydrogen-bond donors (Lipinski definition) is 1. The molecule has 144 valence electrons. The molecule has 0 atom stereocenters. The molecule has 3 aromatic rings. The maximum Gasteiger partial charge on any atom is 0.253 e. The van der Waals surface area contributed by atoms with E-state index in [-0.39, 0.29) is 5.91 Å². The Morgan fingerprint density at radius 2 is 1.96 bits per heavy atom. The van der Waals surface area contributed by atoms with Crippen molar-refractivity contribution in [2.45, 2.75) is 32.7 Å². The number of hydrogen-bond acceptors (Lipinski definition) is 5. The van der Waals surface area contributed by atoms with Gasteiger partial charge in [-0.3, -0.25) is 4.79 Å². The number of amides is 1. The Kier molecular flexibility index (Phi) is 4.86. The van der Waals surface area contributed by atoms with Gasteiger partial charge in [-0.25, -0.2) is 0 Å². The number of likely N-dealkylation sites (N-methyl/N-ethyl adjacent to an activating group) is 1. The van der Waals surface area contributed by atoms with E-state index in [1.165, 1.54) is 5.56 Å². The lowest BCUT2D eigenvalue weighted by atomic mass is 9.99. The molecule has 1 aliphatic rings. The van der Waals surface area contributed by atoms with Crippen molar-refractivity contribution in [3.8, 4) is 11.4 Å². The third-order valence-corrected chi connectivity index (χ3v) is 5.15. The minimum atomic E-state index is 0.0646. The quantitative estimate of drug-likeness (QED) is 0.726. The molecule has 0 fully saturated rings. The Morgan fingerprint density at radius 3 is 2.71 bits per heavy atom. The molecule has 2 heterocycles. The van der Waals surface area contributed by atoms with Gasteiger partial charge in [-0.2, -0.15) is 4.98 Å². The number of nitrogens with one attached hydrogen (secondary N) is 1. The number of fused-ring (bicyclic) bond motifs is 1. The van der Waals surface area contributed by atoms with Gasteiger partial charge in [0.05, 0.1) is 6.54 Å². The maximum atomic E-state index is 12.3. The highest BCUT2D eigenvalue weighted by molar-refractivity contribution is 5.97. The number of carbonyl (C=O) groups excluding carboxylic acids is 1. The van der Waals surface area contributed by atoms with Crippen LogP contribution in [-0.2, 0) is 13.0 Å². The first-order valence-electron chi connectivity index (χ1n) is 9.56. The number of benzene rings is 2. The first-order valence-corrected chi connectivity index (χ1v) is 9.56. The maximum absolute atomic E-state index is 12.3. The van der Waals surface area contributed by atoms with Crippen molar-refractivity contribution in [1.29, 1.82) is 0 Å². The van der Waals surface area contributed by atoms with Crippen LogP contribution in [0.3, 0.4) is 0 Å². The fourth-order valence-electron chi connectivity index (χ4n) is 3.34. The van der Waals surface area contributed by atoms with Gasteiger partial charge in [-0.1, -0.05) is 49.3 Å². The van der Waals surface area contributed by atoms with Crippen molar-refractivity contribution in [1.82, 2.24) is 15.0 Å². The van der Waals surface area contributed by atoms with E-state index in [1.807, 2.05) is 37.4 Å². The van der Waals surface area contributed by atoms with Crippen LogP contribution in [0.1, 0.15) is 47.1 Å². The summed E-state index contributed by atoms with van der Waals surface area (Å²) < 4.78 is 5.37. The monoisotopic (exact) mass is 376 g/mol. The largest absolute Gasteiger partial charge is 0.376 e. The van der Waals surface area contributed by atoms with E-state index in [0.29, 0.717) is 24.2 Å². The zero-order valence-corrected chi connectivity index (χ0v) is 16.4. The summed E-state index contributed by atoms with van der Waals surface area (Å²) in [6, 6.07) is 14.1. The molecule has 28 heavy (non-hydrogen) atoms. The Bertz CT molecular complexity index is 992. The number of rotatable bonds is 5. The van der Waals surface area contributed by atoms with E-state index in [9.17, 15) is 4.79 Å². The van der Waals surface area contributed by atoms with E-state index in [1.54, 1.807) is 4.90 Å². The summed E-state index contributed by atoms with van der Waals surface area (Å²) in [6.45, 7) is 5.50. The Balaban J connectivity index is 1.44. The molecule has 1 N–H and O–H groups in total. The summed E-state index contributed by atoms with van der Waals surface area (Å²) in [7, 11) is 1.83. The molecular weight excluding hydrogens is 352 g/mol. The zero-order chi connectivity index (χ0) is 19.7. The average Bonchev–Trinajstić information content (AvgIpc) is 3.18. The highest BCUT2D eigenvalue weighted by Gasteiger charge is 2.21. The number of carbonyl (C=O) groups is 1. The second-order valence-electron chi connectivity index (χ2n) is 7.49. The topological polar surface area (TPSA) is 71.3 Å². The predicted octanol–water partition coefficient (Wildman–Crippen LogP) is 4.10. The van der Waals surface area contributed by atoms with Gasteiger partial charge in [0.15, 0.2) is 0 Å². The Labute approximate surface area is 164 Å². The molecule has 0 saturated heterocycles. The van der Waals surface area contributed by atoms with E-state index < -0.39 is 0 Å². The van der Waals surface area contributed by atoms with Crippen molar-refractivity contribution in [2.24, 2.45) is 0 Å². The van der Waals surface area contributed by atoms with Gasteiger partial charge >= 0.3 is 0 Å². The molecule has 2 aromatic carbocycles. The fourth-order valence-corrected chi connectivity index (χ4v) is 3.34. The van der Waals surface area contributed by atoms with Crippen LogP contribution in [-0.4, -0.2) is 34.5 Å². The SMILES string of the molecule is CC(C)c1ccc(-c2noc(CNc3ccc4c(c3)C(=O)N(C)CC4)n2)cc1. The van der Waals surface area contributed by atoms with Gasteiger partial charge in [0.2, 0.25) is 11.7 Å². The Morgan fingerprint density at radius 1 is 1.18 bits per heavy atom. The first-order chi connectivity index (χ1) is 13.5. The molecule has 0 radical (unpaired) electrons. The molecule has 0 bridgehead atoms. The summed E-state index contributed by atoms with van der Waals surface area (Å²) in [4.78, 5) is 18.5. The summed E-state index contributed by atoms with van der Waals surface area (Å²) in [5.41, 5.74) is 4.93. The van der Waals surface area contributed by atoms with Crippen molar-refractivity contribution in [3.63, 3.8) is 0 Å². The number of nitrogens with zero attached hydrogens (tertiary/aromatic N) is 3. The predicted molar refractivity (Wildman–Crippen MR) is 108 cm³/mol. The summed E-state index contributed by atoms with van der Waals surface area (Å²) in [5, 5.41) is 7.35. The molecule has 0 spiro atoms. The normalized spacial score (nSPS) is 13.7. The summed E-state index contributed by atoms with van der Waals surface area (Å²) >= 11 is 0. The second kappa shape index (κ2) is 7.46. The molecule has 1 amide bonds. The fraction of sp³-hybridized carbons (Fsp3) is 0.318. The van der Waals surface area contributed by atoms with Crippen molar-refractivity contribution < 1.29 is 9.32 Å². The summed E-state index contributed by atoms with van der Waals surface area (Å²) in [5.74, 6) is 1.63. The van der Waals surface area contributed by atoms with Crippen LogP contribution in [0.15, 0.2) is 47.0 Å². The highest BCUT2D eigenvalue weighted by Crippen LogP contribution is 2.23. The lowest BCUT2D eigenvalue weighted by Crippen LogP contribution is -2.34. The Hall–Kier alpha value is -3.15. The molecular formula is C22H24N4O2. The van der Waals surface area contributed by atoms with Gasteiger partial charge in [-0.05, 0) is 35.6 Å². The molecule has 0 saturated carbocycles. The lowest BCUT2D eigenvalue weighted by molar-refractivity contribution is 0.0781. The van der Waals surface area contributed by atoms with Crippen LogP contribution in [0.5, 0.6) is 0 Å². The van der Waals surface area contributed by atoms with Gasteiger partial charge in [0.25, 0.3) is 5.91 Å². The van der Waals surface area contributed by atoms with Crippen LogP contribution >= 0.6 is 0 Å². The molecule has 4 rings (SSSR count). The average molecular weight is 376 g/mol. The standard InChI is InChI=1S/C22H24N4O2/c1-14(2)15-4-6-17(7-5-15)21-24-20(28-25-21)13-23-18-9-8-16-10-11-26(3)22(27)19(16)12-18/h4-9,12,14,23H,10-11,13H2,1-3H3. The van der Waals surface area contributed by atoms with E-state index >= 15 is 0 Å². The molecule has 1 aliphatic heterocycles. The molecule has 0 aliphatic carbocycles. The van der Waals surface area contributed by atoms with Crippen LogP contribution in [0, 0.1) is 0 Å². The first kappa shape index (κ1) is 18.2. The van der Waals surface area contributed by atoms with Crippen LogP contribution in [0.4, 0.5) is 5.69 Å². The summed E-state index contributed by atoms with van der Waals surface area (Å²) in [6.07, 6.45) is 0.889. The van der Waals surface area contributed by atoms with Gasteiger partial charge in [0.1, 0.15) is 0 Å². The minimum Gasteiger partial charge on any atom is -0.376 e. The molecule has 6 heteroatoms. The van der Waals surface area contributed by atoms with Crippen LogP contribution in [0.25, 0.3) is 11.4 Å². The molecule has 1 aromatic heterocycles. The van der Waals surface area contributed by atoms with Crippen LogP contribution < -0.4 is 5.32 Å². The number of aromatic nitrogens is 2. The smallest absolute Gasteiger partial charge is 0.253 e. The zero-order valence-electron chi connectivity index (χ0n) is 16.4.